The van der Waals surface area contributed by atoms with E-state index in [9.17, 15) is 0 Å². The molecule has 0 aromatic heterocycles. The zero-order valence-electron chi connectivity index (χ0n) is 21.6. The van der Waals surface area contributed by atoms with Crippen LogP contribution in [0, 0.1) is 58.2 Å². The maximum Gasteiger partial charge on any atom is 0.00747 e. The third-order valence-corrected chi connectivity index (χ3v) is 13.9. The molecule has 8 fully saturated rings. The fraction of sp³-hybridized carbons (Fsp3) is 0.812. The molecule has 9 rings (SSSR count). The van der Waals surface area contributed by atoms with Crippen LogP contribution in [-0.2, 0) is 6.42 Å². The summed E-state index contributed by atoms with van der Waals surface area (Å²) in [6, 6.07) is 7.88. The summed E-state index contributed by atoms with van der Waals surface area (Å²) in [5.41, 5.74) is 4.43. The highest BCUT2D eigenvalue weighted by molar-refractivity contribution is 7.98. The van der Waals surface area contributed by atoms with E-state index in [0.717, 1.165) is 47.3 Å². The molecular formula is C32H46S. The van der Waals surface area contributed by atoms with Crippen LogP contribution in [0.3, 0.4) is 0 Å². The van der Waals surface area contributed by atoms with Crippen LogP contribution in [0.1, 0.15) is 102 Å². The normalized spacial score (nSPS) is 50.2. The second kappa shape index (κ2) is 7.54. The fourth-order valence-electron chi connectivity index (χ4n) is 11.4. The Hall–Kier alpha value is -0.430. The van der Waals surface area contributed by atoms with Crippen molar-refractivity contribution in [3.8, 4) is 0 Å². The molecule has 0 N–H and O–H groups in total. The molecule has 0 saturated heterocycles. The predicted molar refractivity (Wildman–Crippen MR) is 141 cm³/mol. The zero-order valence-corrected chi connectivity index (χ0v) is 22.4. The molecule has 8 aliphatic rings. The molecule has 0 aliphatic heterocycles. The Morgan fingerprint density at radius 3 is 1.70 bits per heavy atom. The molecule has 8 saturated carbocycles. The molecule has 1 heteroatoms. The quantitative estimate of drug-likeness (QED) is 0.393. The summed E-state index contributed by atoms with van der Waals surface area (Å²) in [4.78, 5) is 1.52. The third-order valence-electron chi connectivity index (χ3n) is 13.1. The summed E-state index contributed by atoms with van der Waals surface area (Å²) < 4.78 is 0. The lowest BCUT2D eigenvalue weighted by Gasteiger charge is -2.62. The largest absolute Gasteiger partial charge is 0.130 e. The first-order chi connectivity index (χ1) is 15.8. The van der Waals surface area contributed by atoms with Gasteiger partial charge in [-0.2, -0.15) is 0 Å². The molecule has 0 nitrogen and oxygen atoms in total. The van der Waals surface area contributed by atoms with Gasteiger partial charge in [0.15, 0.2) is 0 Å². The van der Waals surface area contributed by atoms with Gasteiger partial charge in [-0.3, -0.25) is 0 Å². The number of hydrogen-bond acceptors (Lipinski definition) is 1. The van der Waals surface area contributed by atoms with Crippen molar-refractivity contribution in [1.82, 2.24) is 0 Å². The lowest BCUT2D eigenvalue weighted by atomic mass is 9.42. The summed E-state index contributed by atoms with van der Waals surface area (Å²) in [5.74, 6) is 8.93. The SMILES string of the molecule is CSc1cc(CC2(C)C3CC4CC(C3)CC2C4)cc(C(C)C2(C)C3CC4CC(C3)CC2C4)c1. The van der Waals surface area contributed by atoms with Crippen LogP contribution < -0.4 is 0 Å². The standard InChI is InChI=1S/C32H46S/c1-19(32(3)28-12-22-6-23(14-28)15-29(32)13-22)25-7-24(16-30(17-25)33-4)18-31(2)26-8-20-5-21(10-26)11-27(31)9-20/h7,16-17,19-23,26-29H,5-6,8-15,18H2,1-4H3. The molecule has 8 aliphatic carbocycles. The van der Waals surface area contributed by atoms with Gasteiger partial charge in [0.2, 0.25) is 0 Å². The Bertz CT molecular complexity index is 870. The van der Waals surface area contributed by atoms with Gasteiger partial charge >= 0.3 is 0 Å². The van der Waals surface area contributed by atoms with Crippen LogP contribution in [0.2, 0.25) is 0 Å². The lowest BCUT2D eigenvalue weighted by Crippen LogP contribution is -2.53. The lowest BCUT2D eigenvalue weighted by molar-refractivity contribution is -0.110. The highest BCUT2D eigenvalue weighted by Crippen LogP contribution is 2.67. The van der Waals surface area contributed by atoms with Crippen molar-refractivity contribution in [2.45, 2.75) is 102 Å². The minimum Gasteiger partial charge on any atom is -0.130 e. The van der Waals surface area contributed by atoms with Gasteiger partial charge in [0, 0.05) is 4.90 Å². The summed E-state index contributed by atoms with van der Waals surface area (Å²) in [6.07, 6.45) is 19.1. The molecule has 0 heterocycles. The molecule has 1 aromatic carbocycles. The van der Waals surface area contributed by atoms with E-state index in [0.29, 0.717) is 16.7 Å². The van der Waals surface area contributed by atoms with E-state index < -0.39 is 0 Å². The summed E-state index contributed by atoms with van der Waals surface area (Å²) in [6.45, 7) is 8.04. The predicted octanol–water partition coefficient (Wildman–Crippen LogP) is 8.98. The molecule has 33 heavy (non-hydrogen) atoms. The van der Waals surface area contributed by atoms with Gasteiger partial charge in [0.25, 0.3) is 0 Å². The van der Waals surface area contributed by atoms with Crippen LogP contribution in [0.15, 0.2) is 23.1 Å². The van der Waals surface area contributed by atoms with E-state index in [-0.39, 0.29) is 0 Å². The molecule has 1 unspecified atom stereocenters. The van der Waals surface area contributed by atoms with Crippen LogP contribution in [0.25, 0.3) is 0 Å². The maximum absolute atomic E-state index is 2.72. The van der Waals surface area contributed by atoms with Gasteiger partial charge < -0.3 is 0 Å². The Kier molecular flexibility index (Phi) is 4.98. The van der Waals surface area contributed by atoms with Gasteiger partial charge in [-0.15, -0.1) is 11.8 Å². The average molecular weight is 463 g/mol. The van der Waals surface area contributed by atoms with E-state index in [4.69, 9.17) is 0 Å². The smallest absolute Gasteiger partial charge is 0.00747 e. The first-order valence-corrected chi connectivity index (χ1v) is 15.8. The molecular weight excluding hydrogens is 416 g/mol. The first kappa shape index (κ1) is 21.8. The molecule has 0 amide bonds. The third kappa shape index (κ3) is 3.22. The molecule has 1 aromatic rings. The Labute approximate surface area is 207 Å². The summed E-state index contributed by atoms with van der Waals surface area (Å²) in [5, 5.41) is 0. The van der Waals surface area contributed by atoms with Crippen molar-refractivity contribution in [2.24, 2.45) is 58.2 Å². The minimum atomic E-state index is 0.522. The fourth-order valence-corrected chi connectivity index (χ4v) is 11.9. The van der Waals surface area contributed by atoms with E-state index in [1.165, 1.54) is 37.0 Å². The van der Waals surface area contributed by atoms with E-state index in [2.05, 4.69) is 45.2 Å². The van der Waals surface area contributed by atoms with Crippen LogP contribution in [-0.4, -0.2) is 6.26 Å². The second-order valence-electron chi connectivity index (χ2n) is 14.5. The van der Waals surface area contributed by atoms with Crippen molar-refractivity contribution in [1.29, 1.82) is 0 Å². The Balaban J connectivity index is 1.20. The van der Waals surface area contributed by atoms with Gasteiger partial charge in [-0.05, 0) is 164 Å². The van der Waals surface area contributed by atoms with Crippen LogP contribution >= 0.6 is 11.8 Å². The van der Waals surface area contributed by atoms with Crippen molar-refractivity contribution >= 4 is 11.8 Å². The second-order valence-corrected chi connectivity index (χ2v) is 15.4. The summed E-state index contributed by atoms with van der Waals surface area (Å²) in [7, 11) is 0. The monoisotopic (exact) mass is 462 g/mol. The average Bonchev–Trinajstić information content (AvgIpc) is 2.79. The number of thioether (sulfide) groups is 1. The maximum atomic E-state index is 2.72. The highest BCUT2D eigenvalue weighted by Gasteiger charge is 2.57. The number of rotatable bonds is 5. The Morgan fingerprint density at radius 2 is 1.21 bits per heavy atom. The van der Waals surface area contributed by atoms with Gasteiger partial charge in [0.05, 0.1) is 0 Å². The zero-order chi connectivity index (χ0) is 22.5. The first-order valence-electron chi connectivity index (χ1n) is 14.5. The van der Waals surface area contributed by atoms with Gasteiger partial charge in [0.1, 0.15) is 0 Å². The van der Waals surface area contributed by atoms with Crippen LogP contribution in [0.5, 0.6) is 0 Å². The number of benzene rings is 1. The van der Waals surface area contributed by atoms with Crippen molar-refractivity contribution < 1.29 is 0 Å². The van der Waals surface area contributed by atoms with Crippen molar-refractivity contribution in [3.63, 3.8) is 0 Å². The van der Waals surface area contributed by atoms with Crippen LogP contribution in [0.4, 0.5) is 0 Å². The highest BCUT2D eigenvalue weighted by atomic mass is 32.2. The minimum absolute atomic E-state index is 0.522. The molecule has 0 spiro atoms. The van der Waals surface area contributed by atoms with Gasteiger partial charge in [-0.1, -0.05) is 26.8 Å². The summed E-state index contributed by atoms with van der Waals surface area (Å²) >= 11 is 1.98. The number of hydrogen-bond donors (Lipinski definition) is 0. The van der Waals surface area contributed by atoms with E-state index in [1.54, 1.807) is 49.7 Å². The Morgan fingerprint density at radius 1 is 0.727 bits per heavy atom. The van der Waals surface area contributed by atoms with Gasteiger partial charge in [-0.25, -0.2) is 0 Å². The van der Waals surface area contributed by atoms with E-state index >= 15 is 0 Å². The molecule has 8 bridgehead atoms. The molecule has 1 atom stereocenters. The van der Waals surface area contributed by atoms with Crippen molar-refractivity contribution in [2.75, 3.05) is 6.26 Å². The van der Waals surface area contributed by atoms with E-state index in [1.807, 2.05) is 11.8 Å². The molecule has 0 radical (unpaired) electrons. The molecule has 180 valence electrons. The van der Waals surface area contributed by atoms with Crippen molar-refractivity contribution in [3.05, 3.63) is 29.3 Å². The topological polar surface area (TPSA) is 0 Å².